The van der Waals surface area contributed by atoms with E-state index < -0.39 is 0 Å². The molecule has 1 aliphatic rings. The van der Waals surface area contributed by atoms with Crippen LogP contribution in [0, 0.1) is 12.8 Å². The van der Waals surface area contributed by atoms with Gasteiger partial charge in [-0.1, -0.05) is 6.92 Å². The van der Waals surface area contributed by atoms with Gasteiger partial charge in [0.2, 0.25) is 5.91 Å². The Balaban J connectivity index is 2.14. The number of piperidine rings is 1. The van der Waals surface area contributed by atoms with E-state index in [1.165, 1.54) is 13.3 Å². The predicted molar refractivity (Wildman–Crippen MR) is 79.8 cm³/mol. The number of nitrogens with zero attached hydrogens (tertiary/aromatic N) is 1. The molecule has 0 spiro atoms. The number of carbonyl (C=O) groups is 2. The Labute approximate surface area is 120 Å². The van der Waals surface area contributed by atoms with Gasteiger partial charge in [-0.25, -0.2) is 0 Å². The van der Waals surface area contributed by atoms with Crippen molar-refractivity contribution in [3.05, 3.63) is 29.3 Å². The number of anilines is 1. The lowest BCUT2D eigenvalue weighted by atomic mass is 9.99. The molecule has 108 valence electrons. The minimum atomic E-state index is -0.1000. The largest absolute Gasteiger partial charge is 0.338 e. The van der Waals surface area contributed by atoms with E-state index in [9.17, 15) is 9.59 Å². The first kappa shape index (κ1) is 14.6. The third-order valence-electron chi connectivity index (χ3n) is 3.73. The van der Waals surface area contributed by atoms with Crippen LogP contribution in [0.4, 0.5) is 5.69 Å². The van der Waals surface area contributed by atoms with Gasteiger partial charge < -0.3 is 10.2 Å². The third kappa shape index (κ3) is 3.38. The molecule has 0 bridgehead atoms. The van der Waals surface area contributed by atoms with Crippen molar-refractivity contribution in [2.45, 2.75) is 33.6 Å². The first-order valence-electron chi connectivity index (χ1n) is 7.15. The molecule has 1 atom stereocenters. The molecule has 0 aromatic heterocycles. The van der Waals surface area contributed by atoms with Crippen LogP contribution in [0.15, 0.2) is 18.2 Å². The SMILES string of the molecule is CC(=O)Nc1ccc(C(=O)N2CCCC(C)C2)cc1C. The molecule has 1 N–H and O–H groups in total. The molecule has 0 saturated carbocycles. The van der Waals surface area contributed by atoms with Crippen LogP contribution >= 0.6 is 0 Å². The molecule has 0 aliphatic carbocycles. The van der Waals surface area contributed by atoms with E-state index >= 15 is 0 Å². The van der Waals surface area contributed by atoms with Crippen LogP contribution in [0.1, 0.15) is 42.6 Å². The maximum absolute atomic E-state index is 12.5. The second kappa shape index (κ2) is 6.07. The van der Waals surface area contributed by atoms with Gasteiger partial charge in [-0.3, -0.25) is 9.59 Å². The van der Waals surface area contributed by atoms with Crippen molar-refractivity contribution in [1.29, 1.82) is 0 Å². The van der Waals surface area contributed by atoms with Crippen molar-refractivity contribution in [2.24, 2.45) is 5.92 Å². The van der Waals surface area contributed by atoms with E-state index in [0.29, 0.717) is 11.5 Å². The molecule has 2 amide bonds. The fraction of sp³-hybridized carbons (Fsp3) is 0.500. The second-order valence-corrected chi connectivity index (χ2v) is 5.71. The van der Waals surface area contributed by atoms with Crippen LogP contribution in [0.5, 0.6) is 0 Å². The summed E-state index contributed by atoms with van der Waals surface area (Å²) in [5.74, 6) is 0.568. The zero-order chi connectivity index (χ0) is 14.7. The summed E-state index contributed by atoms with van der Waals surface area (Å²) in [4.78, 5) is 25.5. The maximum Gasteiger partial charge on any atom is 0.253 e. The number of aryl methyl sites for hydroxylation is 1. The lowest BCUT2D eigenvalue weighted by molar-refractivity contribution is -0.114. The van der Waals surface area contributed by atoms with Gasteiger partial charge in [0.1, 0.15) is 0 Å². The predicted octanol–water partition coefficient (Wildman–Crippen LogP) is 2.83. The van der Waals surface area contributed by atoms with Crippen molar-refractivity contribution in [3.63, 3.8) is 0 Å². The lowest BCUT2D eigenvalue weighted by Gasteiger charge is -2.31. The number of rotatable bonds is 2. The van der Waals surface area contributed by atoms with E-state index in [2.05, 4.69) is 12.2 Å². The Hall–Kier alpha value is -1.84. The number of carbonyl (C=O) groups excluding carboxylic acids is 2. The lowest BCUT2D eigenvalue weighted by Crippen LogP contribution is -2.39. The van der Waals surface area contributed by atoms with Crippen LogP contribution in [-0.4, -0.2) is 29.8 Å². The number of hydrogen-bond acceptors (Lipinski definition) is 2. The molecule has 1 heterocycles. The molecular formula is C16H22N2O2. The van der Waals surface area contributed by atoms with Crippen molar-refractivity contribution >= 4 is 17.5 Å². The van der Waals surface area contributed by atoms with Gasteiger partial charge >= 0.3 is 0 Å². The Morgan fingerprint density at radius 2 is 2.10 bits per heavy atom. The van der Waals surface area contributed by atoms with Crippen molar-refractivity contribution in [3.8, 4) is 0 Å². The molecule has 20 heavy (non-hydrogen) atoms. The standard InChI is InChI=1S/C16H22N2O2/c1-11-5-4-8-18(10-11)16(20)14-6-7-15(12(2)9-14)17-13(3)19/h6-7,9,11H,4-5,8,10H2,1-3H3,(H,17,19). The summed E-state index contributed by atoms with van der Waals surface area (Å²) >= 11 is 0. The van der Waals surface area contributed by atoms with Crippen LogP contribution in [-0.2, 0) is 4.79 Å². The molecule has 1 saturated heterocycles. The summed E-state index contributed by atoms with van der Waals surface area (Å²) in [6, 6.07) is 5.45. The molecule has 0 radical (unpaired) electrons. The molecule has 4 nitrogen and oxygen atoms in total. The summed E-state index contributed by atoms with van der Waals surface area (Å²) in [5.41, 5.74) is 2.38. The number of amides is 2. The maximum atomic E-state index is 12.5. The van der Waals surface area contributed by atoms with E-state index in [4.69, 9.17) is 0 Å². The highest BCUT2D eigenvalue weighted by molar-refractivity contribution is 5.96. The minimum absolute atomic E-state index is 0.0917. The van der Waals surface area contributed by atoms with E-state index in [0.717, 1.165) is 30.8 Å². The third-order valence-corrected chi connectivity index (χ3v) is 3.73. The average molecular weight is 274 g/mol. The zero-order valence-corrected chi connectivity index (χ0v) is 12.4. The highest BCUT2D eigenvalue weighted by Gasteiger charge is 2.22. The Bertz CT molecular complexity index is 525. The quantitative estimate of drug-likeness (QED) is 0.901. The van der Waals surface area contributed by atoms with Gasteiger partial charge in [0.15, 0.2) is 0 Å². The summed E-state index contributed by atoms with van der Waals surface area (Å²) in [6.07, 6.45) is 2.28. The Morgan fingerprint density at radius 3 is 2.70 bits per heavy atom. The van der Waals surface area contributed by atoms with Gasteiger partial charge in [0.25, 0.3) is 5.91 Å². The van der Waals surface area contributed by atoms with Crippen LogP contribution in [0.3, 0.4) is 0 Å². The van der Waals surface area contributed by atoms with Gasteiger partial charge in [-0.05, 0) is 49.4 Å². The molecule has 1 aromatic rings. The van der Waals surface area contributed by atoms with E-state index in [1.54, 1.807) is 12.1 Å². The number of likely N-dealkylation sites (tertiary alicyclic amines) is 1. The smallest absolute Gasteiger partial charge is 0.253 e. The van der Waals surface area contributed by atoms with Gasteiger partial charge in [-0.15, -0.1) is 0 Å². The molecule has 4 heteroatoms. The number of nitrogens with one attached hydrogen (secondary N) is 1. The molecule has 1 unspecified atom stereocenters. The minimum Gasteiger partial charge on any atom is -0.338 e. The second-order valence-electron chi connectivity index (χ2n) is 5.71. The van der Waals surface area contributed by atoms with Crippen LogP contribution in [0.25, 0.3) is 0 Å². The fourth-order valence-electron chi connectivity index (χ4n) is 2.68. The normalized spacial score (nSPS) is 18.8. The van der Waals surface area contributed by atoms with Crippen molar-refractivity contribution < 1.29 is 9.59 Å². The summed E-state index contributed by atoms with van der Waals surface area (Å²) in [7, 11) is 0. The highest BCUT2D eigenvalue weighted by Crippen LogP contribution is 2.21. The molecule has 1 fully saturated rings. The van der Waals surface area contributed by atoms with E-state index in [1.807, 2.05) is 17.9 Å². The van der Waals surface area contributed by atoms with E-state index in [-0.39, 0.29) is 11.8 Å². The molecule has 1 aromatic carbocycles. The average Bonchev–Trinajstić information content (AvgIpc) is 2.40. The first-order valence-corrected chi connectivity index (χ1v) is 7.15. The monoisotopic (exact) mass is 274 g/mol. The summed E-state index contributed by atoms with van der Waals surface area (Å²) in [6.45, 7) is 7.25. The van der Waals surface area contributed by atoms with Crippen LogP contribution in [0.2, 0.25) is 0 Å². The zero-order valence-electron chi connectivity index (χ0n) is 12.4. The fourth-order valence-corrected chi connectivity index (χ4v) is 2.68. The van der Waals surface area contributed by atoms with Gasteiger partial charge in [-0.2, -0.15) is 0 Å². The summed E-state index contributed by atoms with van der Waals surface area (Å²) in [5, 5.41) is 2.76. The van der Waals surface area contributed by atoms with Gasteiger partial charge in [0.05, 0.1) is 0 Å². The molecule has 1 aliphatic heterocycles. The number of hydrogen-bond donors (Lipinski definition) is 1. The molecular weight excluding hydrogens is 252 g/mol. The van der Waals surface area contributed by atoms with Gasteiger partial charge in [0, 0.05) is 31.3 Å². The highest BCUT2D eigenvalue weighted by atomic mass is 16.2. The first-order chi connectivity index (χ1) is 9.47. The number of benzene rings is 1. The Kier molecular flexibility index (Phi) is 4.42. The van der Waals surface area contributed by atoms with Crippen LogP contribution < -0.4 is 5.32 Å². The molecule has 2 rings (SSSR count). The van der Waals surface area contributed by atoms with Crippen molar-refractivity contribution in [2.75, 3.05) is 18.4 Å². The van der Waals surface area contributed by atoms with Crippen molar-refractivity contribution in [1.82, 2.24) is 4.90 Å². The Morgan fingerprint density at radius 1 is 1.35 bits per heavy atom. The summed E-state index contributed by atoms with van der Waals surface area (Å²) < 4.78 is 0. The topological polar surface area (TPSA) is 49.4 Å².